The number of nitrogens with zero attached hydrogens (tertiary/aromatic N) is 4. The molecule has 0 bridgehead atoms. The minimum Gasteiger partial charge on any atom is -0.384 e. The Bertz CT molecular complexity index is 646. The molecule has 0 amide bonds. The highest BCUT2D eigenvalue weighted by Gasteiger charge is 2.21. The lowest BCUT2D eigenvalue weighted by atomic mass is 10.2. The van der Waals surface area contributed by atoms with Crippen LogP contribution in [0.3, 0.4) is 0 Å². The number of anilines is 2. The fourth-order valence-corrected chi connectivity index (χ4v) is 1.75. The number of aryl methyl sites for hydroxylation is 1. The summed E-state index contributed by atoms with van der Waals surface area (Å²) in [5, 5.41) is 14.0. The average Bonchev–Trinajstić information content (AvgIpc) is 2.38. The highest BCUT2D eigenvalue weighted by Crippen LogP contribution is 2.28. The summed E-state index contributed by atoms with van der Waals surface area (Å²) >= 11 is 0. The number of rotatable bonds is 4. The van der Waals surface area contributed by atoms with E-state index in [0.29, 0.717) is 17.2 Å². The molecule has 0 aromatic carbocycles. The smallest absolute Gasteiger partial charge is 0.314 e. The van der Waals surface area contributed by atoms with Crippen LogP contribution in [-0.2, 0) is 0 Å². The molecule has 8 nitrogen and oxygen atoms in total. The summed E-state index contributed by atoms with van der Waals surface area (Å²) in [6.07, 6.45) is 3.05. The molecule has 0 aliphatic carbocycles. The van der Waals surface area contributed by atoms with Gasteiger partial charge >= 0.3 is 5.69 Å². The molecule has 2 aromatic heterocycles. The maximum absolute atomic E-state index is 11.1. The van der Waals surface area contributed by atoms with E-state index in [-0.39, 0.29) is 17.5 Å². The second kappa shape index (κ2) is 5.47. The zero-order valence-electron chi connectivity index (χ0n) is 11.1. The van der Waals surface area contributed by atoms with Gasteiger partial charge in [-0.15, -0.1) is 0 Å². The molecule has 0 saturated heterocycles. The molecular formula is C12H14N6O2. The molecule has 0 fully saturated rings. The molecule has 1 unspecified atom stereocenters. The third-order valence-corrected chi connectivity index (χ3v) is 2.74. The van der Waals surface area contributed by atoms with E-state index in [0.717, 1.165) is 0 Å². The van der Waals surface area contributed by atoms with Gasteiger partial charge in [0.1, 0.15) is 5.82 Å². The number of nitrogens with two attached hydrogens (primary N) is 1. The summed E-state index contributed by atoms with van der Waals surface area (Å²) < 4.78 is 0. The molecule has 2 aromatic rings. The molecule has 0 aliphatic heterocycles. The Hall–Kier alpha value is -2.77. The number of hydrogen-bond donors (Lipinski definition) is 2. The molecule has 3 N–H and O–H groups in total. The van der Waals surface area contributed by atoms with E-state index >= 15 is 0 Å². The summed E-state index contributed by atoms with van der Waals surface area (Å²) in [6.45, 7) is 3.44. The molecule has 2 heterocycles. The highest BCUT2D eigenvalue weighted by atomic mass is 16.6. The van der Waals surface area contributed by atoms with Gasteiger partial charge in [0.15, 0.2) is 5.82 Å². The molecule has 2 rings (SSSR count). The van der Waals surface area contributed by atoms with Crippen molar-refractivity contribution in [2.75, 3.05) is 11.1 Å². The van der Waals surface area contributed by atoms with Crippen molar-refractivity contribution < 1.29 is 4.92 Å². The van der Waals surface area contributed by atoms with Crippen LogP contribution in [0.1, 0.15) is 24.4 Å². The van der Waals surface area contributed by atoms with E-state index < -0.39 is 4.92 Å². The lowest BCUT2D eigenvalue weighted by Crippen LogP contribution is -2.13. The Morgan fingerprint density at radius 2 is 2.05 bits per heavy atom. The van der Waals surface area contributed by atoms with E-state index in [1.165, 1.54) is 12.4 Å². The predicted octanol–water partition coefficient (Wildman–Crippen LogP) is 1.84. The minimum absolute atomic E-state index is 0.0525. The molecule has 104 valence electrons. The quantitative estimate of drug-likeness (QED) is 0.644. The van der Waals surface area contributed by atoms with Crippen LogP contribution in [0.4, 0.5) is 17.3 Å². The molecule has 1 atom stereocenters. The minimum atomic E-state index is -0.461. The van der Waals surface area contributed by atoms with Crippen LogP contribution in [0, 0.1) is 17.0 Å². The first-order valence-electron chi connectivity index (χ1n) is 5.94. The summed E-state index contributed by atoms with van der Waals surface area (Å²) in [4.78, 5) is 22.8. The molecule has 0 saturated carbocycles. The van der Waals surface area contributed by atoms with Crippen molar-refractivity contribution in [1.82, 2.24) is 15.0 Å². The Morgan fingerprint density at radius 3 is 2.70 bits per heavy atom. The SMILES string of the molecule is Cc1ccnc(NC(C)c2nccc(N)n2)c1[N+](=O)[O-]. The second-order valence-electron chi connectivity index (χ2n) is 4.29. The van der Waals surface area contributed by atoms with Crippen molar-refractivity contribution >= 4 is 17.3 Å². The Labute approximate surface area is 115 Å². The lowest BCUT2D eigenvalue weighted by Gasteiger charge is -2.13. The number of hydrogen-bond acceptors (Lipinski definition) is 7. The van der Waals surface area contributed by atoms with Crippen LogP contribution >= 0.6 is 0 Å². The zero-order chi connectivity index (χ0) is 14.7. The maximum atomic E-state index is 11.1. The van der Waals surface area contributed by atoms with E-state index in [2.05, 4.69) is 20.3 Å². The van der Waals surface area contributed by atoms with Gasteiger partial charge in [0.25, 0.3) is 0 Å². The third kappa shape index (κ3) is 2.79. The van der Waals surface area contributed by atoms with Gasteiger partial charge in [-0.3, -0.25) is 10.1 Å². The van der Waals surface area contributed by atoms with E-state index in [1.54, 1.807) is 26.0 Å². The van der Waals surface area contributed by atoms with Gasteiger partial charge in [0.05, 0.1) is 11.0 Å². The Morgan fingerprint density at radius 1 is 1.35 bits per heavy atom. The van der Waals surface area contributed by atoms with Crippen LogP contribution in [0.15, 0.2) is 24.5 Å². The van der Waals surface area contributed by atoms with Gasteiger partial charge in [-0.1, -0.05) is 0 Å². The van der Waals surface area contributed by atoms with Crippen LogP contribution in [0.5, 0.6) is 0 Å². The van der Waals surface area contributed by atoms with Gasteiger partial charge in [-0.05, 0) is 26.0 Å². The van der Waals surface area contributed by atoms with Gasteiger partial charge in [0, 0.05) is 18.0 Å². The van der Waals surface area contributed by atoms with Crippen molar-refractivity contribution in [2.24, 2.45) is 0 Å². The number of pyridine rings is 1. The molecule has 8 heteroatoms. The molecule has 20 heavy (non-hydrogen) atoms. The van der Waals surface area contributed by atoms with Gasteiger partial charge < -0.3 is 11.1 Å². The van der Waals surface area contributed by atoms with Gasteiger partial charge in [-0.2, -0.15) is 0 Å². The average molecular weight is 274 g/mol. The fourth-order valence-electron chi connectivity index (χ4n) is 1.75. The van der Waals surface area contributed by atoms with Crippen molar-refractivity contribution in [3.63, 3.8) is 0 Å². The first kappa shape index (κ1) is 13.7. The first-order valence-corrected chi connectivity index (χ1v) is 5.94. The zero-order valence-corrected chi connectivity index (χ0v) is 11.1. The normalized spacial score (nSPS) is 11.9. The topological polar surface area (TPSA) is 120 Å². The molecule has 0 aliphatic rings. The maximum Gasteiger partial charge on any atom is 0.314 e. The molecule has 0 radical (unpaired) electrons. The summed E-state index contributed by atoms with van der Waals surface area (Å²) in [6, 6.07) is 2.81. The number of aromatic nitrogens is 3. The summed E-state index contributed by atoms with van der Waals surface area (Å²) in [5.74, 6) is 0.978. The summed E-state index contributed by atoms with van der Waals surface area (Å²) in [7, 11) is 0. The van der Waals surface area contributed by atoms with E-state index in [1.807, 2.05) is 0 Å². The van der Waals surface area contributed by atoms with Crippen LogP contribution in [-0.4, -0.2) is 19.9 Å². The van der Waals surface area contributed by atoms with Gasteiger partial charge in [0.2, 0.25) is 5.82 Å². The van der Waals surface area contributed by atoms with E-state index in [4.69, 9.17) is 5.73 Å². The number of nitrogens with one attached hydrogen (secondary N) is 1. The summed E-state index contributed by atoms with van der Waals surface area (Å²) in [5.41, 5.74) is 6.07. The van der Waals surface area contributed by atoms with Crippen LogP contribution in [0.2, 0.25) is 0 Å². The largest absolute Gasteiger partial charge is 0.384 e. The molecule has 0 spiro atoms. The first-order chi connectivity index (χ1) is 9.49. The van der Waals surface area contributed by atoms with Crippen molar-refractivity contribution in [2.45, 2.75) is 19.9 Å². The predicted molar refractivity (Wildman–Crippen MR) is 74.1 cm³/mol. The highest BCUT2D eigenvalue weighted by molar-refractivity contribution is 5.60. The second-order valence-corrected chi connectivity index (χ2v) is 4.29. The molecular weight excluding hydrogens is 260 g/mol. The lowest BCUT2D eigenvalue weighted by molar-refractivity contribution is -0.384. The van der Waals surface area contributed by atoms with Crippen LogP contribution < -0.4 is 11.1 Å². The third-order valence-electron chi connectivity index (χ3n) is 2.74. The van der Waals surface area contributed by atoms with E-state index in [9.17, 15) is 10.1 Å². The van der Waals surface area contributed by atoms with Crippen molar-refractivity contribution in [3.8, 4) is 0 Å². The Balaban J connectivity index is 2.30. The number of nitrogen functional groups attached to an aromatic ring is 1. The fraction of sp³-hybridized carbons (Fsp3) is 0.250. The monoisotopic (exact) mass is 274 g/mol. The Kier molecular flexibility index (Phi) is 3.74. The van der Waals surface area contributed by atoms with Gasteiger partial charge in [-0.25, -0.2) is 15.0 Å². The van der Waals surface area contributed by atoms with Crippen molar-refractivity contribution in [3.05, 3.63) is 46.0 Å². The number of nitro groups is 1. The van der Waals surface area contributed by atoms with Crippen molar-refractivity contribution in [1.29, 1.82) is 0 Å². The standard InChI is InChI=1S/C12H14N6O2/c1-7-3-5-15-12(10(7)18(19)20)16-8(2)11-14-6-4-9(13)17-11/h3-6,8H,1-2H3,(H,15,16)(H2,13,14,17). The van der Waals surface area contributed by atoms with Crippen LogP contribution in [0.25, 0.3) is 0 Å².